The van der Waals surface area contributed by atoms with Crippen LogP contribution in [-0.2, 0) is 21.7 Å². The maximum absolute atomic E-state index is 10.5. The molecular weight excluding hydrogens is 1100 g/mol. The van der Waals surface area contributed by atoms with Crippen molar-refractivity contribution in [2.75, 3.05) is 0 Å². The molecule has 0 bridgehead atoms. The third-order valence-corrected chi connectivity index (χ3v) is 17.7. The molecular formula is C82H70N8. The van der Waals surface area contributed by atoms with Crippen LogP contribution in [0.15, 0.2) is 206 Å². The molecule has 0 N–H and O–H groups in total. The van der Waals surface area contributed by atoms with Gasteiger partial charge in [0.15, 0.2) is 17.5 Å². The molecule has 0 aliphatic carbocycles. The minimum Gasteiger partial charge on any atom is -0.309 e. The SMILES string of the molecule is CC(C)(C)c1ccc2c(c1)c1cc(C(C)(C)C)ccc1n2-c1ccc(-c2nc(-c3ccc(-n4c5ccc(C(C)(C)C)cc5c5cc(C(C)(C)C)ccc54)c(-c4cccc(C#N)c4)c3)nc(-c3ccccc3-c3ccccc3C#N)n2)cc1-c1cccc(C#N)c1. The zero-order valence-corrected chi connectivity index (χ0v) is 53.2. The number of aromatic nitrogens is 5. The highest BCUT2D eigenvalue weighted by molar-refractivity contribution is 6.12. The van der Waals surface area contributed by atoms with Gasteiger partial charge in [-0.2, -0.15) is 15.8 Å². The van der Waals surface area contributed by atoms with E-state index in [0.29, 0.717) is 34.2 Å². The molecule has 3 aromatic heterocycles. The van der Waals surface area contributed by atoms with Crippen LogP contribution in [-0.4, -0.2) is 24.1 Å². The Morgan fingerprint density at radius 2 is 0.644 bits per heavy atom. The highest BCUT2D eigenvalue weighted by atomic mass is 15.0. The van der Waals surface area contributed by atoms with Gasteiger partial charge in [-0.3, -0.25) is 0 Å². The summed E-state index contributed by atoms with van der Waals surface area (Å²) in [6.45, 7) is 27.1. The molecule has 3 heterocycles. The summed E-state index contributed by atoms with van der Waals surface area (Å²) in [4.78, 5) is 16.4. The van der Waals surface area contributed by atoms with Gasteiger partial charge in [0, 0.05) is 54.9 Å². The average Bonchev–Trinajstić information content (AvgIpc) is 1.56. The van der Waals surface area contributed by atoms with Crippen LogP contribution in [0.3, 0.4) is 0 Å². The standard InChI is InChI=1S/C82H70N8/c1-79(2,3)57-29-35-72-66(43-57)67-44-58(80(4,5)6)30-36-73(67)89(72)70-33-27-54(41-64(70)52-22-17-19-50(39-52)47-83)76-86-77(88-78(87-76)63-26-16-15-25-62(63)61-24-14-13-21-56(61)49-85)55-28-34-71(65(42-55)53-23-18-20-51(40-53)48-84)90-74-37-31-59(81(7,8)9)45-68(74)69-46-60(82(10,11)12)32-38-75(69)90/h13-46H,1-12H3. The predicted octanol–water partition coefficient (Wildman–Crippen LogP) is 20.9. The Bertz CT molecular complexity index is 4800. The van der Waals surface area contributed by atoms with E-state index in [1.807, 2.05) is 84.9 Å². The van der Waals surface area contributed by atoms with E-state index in [0.717, 1.165) is 83.5 Å². The van der Waals surface area contributed by atoms with Crippen molar-refractivity contribution in [2.45, 2.75) is 105 Å². The van der Waals surface area contributed by atoms with Gasteiger partial charge in [0.2, 0.25) is 0 Å². The first-order chi connectivity index (χ1) is 43.0. The van der Waals surface area contributed by atoms with Gasteiger partial charge in [0.25, 0.3) is 0 Å². The summed E-state index contributed by atoms with van der Waals surface area (Å²) in [5, 5.41) is 36.0. The zero-order chi connectivity index (χ0) is 63.2. The van der Waals surface area contributed by atoms with Crippen LogP contribution in [0.25, 0.3) is 123 Å². The summed E-state index contributed by atoms with van der Waals surface area (Å²) in [7, 11) is 0. The van der Waals surface area contributed by atoms with Crippen molar-refractivity contribution in [2.24, 2.45) is 0 Å². The van der Waals surface area contributed by atoms with E-state index >= 15 is 0 Å². The lowest BCUT2D eigenvalue weighted by molar-refractivity contribution is 0.590. The summed E-state index contributed by atoms with van der Waals surface area (Å²) in [6, 6.07) is 78.7. The van der Waals surface area contributed by atoms with Crippen LogP contribution in [0.5, 0.6) is 0 Å². The van der Waals surface area contributed by atoms with Gasteiger partial charge in [-0.05, 0) is 176 Å². The van der Waals surface area contributed by atoms with Gasteiger partial charge in [-0.1, -0.05) is 174 Å². The second-order valence-electron chi connectivity index (χ2n) is 28.0. The monoisotopic (exact) mass is 1170 g/mol. The first-order valence-corrected chi connectivity index (χ1v) is 30.8. The van der Waals surface area contributed by atoms with E-state index in [-0.39, 0.29) is 21.7 Å². The summed E-state index contributed by atoms with van der Waals surface area (Å²) in [6.07, 6.45) is 0. The largest absolute Gasteiger partial charge is 0.309 e. The van der Waals surface area contributed by atoms with E-state index < -0.39 is 0 Å². The van der Waals surface area contributed by atoms with Crippen LogP contribution >= 0.6 is 0 Å². The van der Waals surface area contributed by atoms with Gasteiger partial charge in [-0.15, -0.1) is 0 Å². The van der Waals surface area contributed by atoms with E-state index in [1.54, 1.807) is 0 Å². The van der Waals surface area contributed by atoms with Crippen molar-refractivity contribution >= 4 is 43.6 Å². The molecule has 0 unspecified atom stereocenters. The highest BCUT2D eigenvalue weighted by Gasteiger charge is 2.27. The highest BCUT2D eigenvalue weighted by Crippen LogP contribution is 2.45. The maximum Gasteiger partial charge on any atom is 0.164 e. The van der Waals surface area contributed by atoms with Crippen LogP contribution in [0, 0.1) is 34.0 Å². The lowest BCUT2D eigenvalue weighted by Crippen LogP contribution is -2.10. The lowest BCUT2D eigenvalue weighted by atomic mass is 9.85. The number of fused-ring (bicyclic) bond motifs is 6. The van der Waals surface area contributed by atoms with E-state index in [1.165, 1.54) is 43.8 Å². The molecule has 0 saturated heterocycles. The Morgan fingerprint density at radius 3 is 1.01 bits per heavy atom. The molecule has 8 heteroatoms. The van der Waals surface area contributed by atoms with Gasteiger partial charge in [0.1, 0.15) is 0 Å². The van der Waals surface area contributed by atoms with Crippen molar-refractivity contribution in [1.29, 1.82) is 15.8 Å². The topological polar surface area (TPSA) is 120 Å². The van der Waals surface area contributed by atoms with Gasteiger partial charge in [-0.25, -0.2) is 15.0 Å². The van der Waals surface area contributed by atoms with E-state index in [4.69, 9.17) is 15.0 Å². The second-order valence-corrected chi connectivity index (χ2v) is 28.0. The fourth-order valence-corrected chi connectivity index (χ4v) is 12.6. The predicted molar refractivity (Wildman–Crippen MR) is 370 cm³/mol. The molecule has 0 atom stereocenters. The third kappa shape index (κ3) is 10.5. The van der Waals surface area contributed by atoms with Crippen LogP contribution in [0.1, 0.15) is 122 Å². The smallest absolute Gasteiger partial charge is 0.164 e. The summed E-state index contributed by atoms with van der Waals surface area (Å²) >= 11 is 0. The maximum atomic E-state index is 10.5. The van der Waals surface area contributed by atoms with Gasteiger partial charge < -0.3 is 9.13 Å². The van der Waals surface area contributed by atoms with Gasteiger partial charge in [0.05, 0.1) is 68.3 Å². The van der Waals surface area contributed by atoms with Crippen LogP contribution in [0.4, 0.5) is 0 Å². The quantitative estimate of drug-likeness (QED) is 0.149. The number of rotatable bonds is 8. The number of hydrogen-bond donors (Lipinski definition) is 0. The first-order valence-electron chi connectivity index (χ1n) is 30.8. The summed E-state index contributed by atoms with van der Waals surface area (Å²) in [5.41, 5.74) is 19.7. The van der Waals surface area contributed by atoms with Gasteiger partial charge >= 0.3 is 0 Å². The minimum atomic E-state index is -0.0808. The van der Waals surface area contributed by atoms with Crippen molar-refractivity contribution in [1.82, 2.24) is 24.1 Å². The number of nitriles is 3. The molecule has 0 spiro atoms. The van der Waals surface area contributed by atoms with Crippen molar-refractivity contribution in [3.05, 3.63) is 245 Å². The van der Waals surface area contributed by atoms with E-state index in [9.17, 15) is 15.8 Å². The molecule has 13 rings (SSSR count). The second kappa shape index (κ2) is 21.8. The fourth-order valence-electron chi connectivity index (χ4n) is 12.6. The van der Waals surface area contributed by atoms with Crippen molar-refractivity contribution in [3.8, 4) is 97.1 Å². The summed E-state index contributed by atoms with van der Waals surface area (Å²) < 4.78 is 4.73. The minimum absolute atomic E-state index is 0.0808. The molecule has 10 aromatic carbocycles. The van der Waals surface area contributed by atoms with Crippen LogP contribution < -0.4 is 0 Å². The average molecular weight is 1170 g/mol. The molecule has 0 amide bonds. The Labute approximate surface area is 527 Å². The molecule has 13 aromatic rings. The molecule has 0 radical (unpaired) electrons. The molecule has 0 aliphatic heterocycles. The van der Waals surface area contributed by atoms with Crippen molar-refractivity contribution in [3.63, 3.8) is 0 Å². The molecule has 438 valence electrons. The molecule has 90 heavy (non-hydrogen) atoms. The lowest BCUT2D eigenvalue weighted by Gasteiger charge is -2.20. The number of benzene rings is 10. The molecule has 0 aliphatic rings. The number of hydrogen-bond acceptors (Lipinski definition) is 6. The zero-order valence-electron chi connectivity index (χ0n) is 53.2. The molecule has 0 saturated carbocycles. The Kier molecular flexibility index (Phi) is 14.2. The Hall–Kier alpha value is -10.7. The Balaban J connectivity index is 1.08. The Morgan fingerprint density at radius 1 is 0.289 bits per heavy atom. The molecule has 8 nitrogen and oxygen atoms in total. The first kappa shape index (κ1) is 58.3. The van der Waals surface area contributed by atoms with Crippen molar-refractivity contribution < 1.29 is 0 Å². The number of nitrogens with zero attached hydrogens (tertiary/aromatic N) is 8. The molecule has 0 fully saturated rings. The normalized spacial score (nSPS) is 12.2. The van der Waals surface area contributed by atoms with E-state index in [2.05, 4.69) is 232 Å². The summed E-state index contributed by atoms with van der Waals surface area (Å²) in [5.74, 6) is 1.28. The third-order valence-electron chi connectivity index (χ3n) is 17.7. The fraction of sp³-hybridized carbons (Fsp3) is 0.195. The van der Waals surface area contributed by atoms with Crippen LogP contribution in [0.2, 0.25) is 0 Å².